The van der Waals surface area contributed by atoms with Gasteiger partial charge >= 0.3 is 0 Å². The molecule has 0 bridgehead atoms. The van der Waals surface area contributed by atoms with Crippen molar-refractivity contribution >= 4 is 17.2 Å². The molecule has 6 nitrogen and oxygen atoms in total. The van der Waals surface area contributed by atoms with E-state index in [0.717, 1.165) is 56.2 Å². The van der Waals surface area contributed by atoms with Gasteiger partial charge in [-0.05, 0) is 38.5 Å². The van der Waals surface area contributed by atoms with Crippen LogP contribution < -0.4 is 0 Å². The van der Waals surface area contributed by atoms with Crippen LogP contribution in [-0.4, -0.2) is 103 Å². The first kappa shape index (κ1) is 27.6. The topological polar surface area (TPSA) is 49.4 Å². The average Bonchev–Trinajstić information content (AvgIpc) is 2.66. The third-order valence-corrected chi connectivity index (χ3v) is 6.67. The molecule has 0 saturated carbocycles. The van der Waals surface area contributed by atoms with Crippen molar-refractivity contribution in [3.63, 3.8) is 0 Å². The smallest absolute Gasteiger partial charge is 0.157 e. The van der Waals surface area contributed by atoms with E-state index in [-0.39, 0.29) is 12.6 Å². The highest BCUT2D eigenvalue weighted by atomic mass is 31.1. The molecule has 8 heteroatoms. The van der Waals surface area contributed by atoms with Crippen LogP contribution in [0.4, 0.5) is 0 Å². The van der Waals surface area contributed by atoms with Gasteiger partial charge < -0.3 is 28.6 Å². The minimum absolute atomic E-state index is 0.0581. The van der Waals surface area contributed by atoms with E-state index >= 15 is 0 Å². The predicted octanol–water partition coefficient (Wildman–Crippen LogP) is 3.09. The molecule has 0 rings (SSSR count). The Hall–Kier alpha value is 0.620. The summed E-state index contributed by atoms with van der Waals surface area (Å²) in [5, 5.41) is 0. The van der Waals surface area contributed by atoms with Crippen LogP contribution >= 0.6 is 17.2 Å². The highest BCUT2D eigenvalue weighted by Crippen LogP contribution is 2.17. The molecule has 0 heterocycles. The largest absolute Gasteiger partial charge is 0.377 e. The second-order valence-electron chi connectivity index (χ2n) is 6.64. The van der Waals surface area contributed by atoms with Crippen molar-refractivity contribution in [3.8, 4) is 0 Å². The number of hydrogen-bond donors (Lipinski definition) is 0. The molecule has 0 aliphatic heterocycles. The lowest BCUT2D eigenvalue weighted by Gasteiger charge is -2.23. The van der Waals surface area contributed by atoms with Gasteiger partial charge in [0.2, 0.25) is 0 Å². The molecule has 0 aliphatic carbocycles. The number of methoxy groups -OCH3 is 4. The zero-order valence-electron chi connectivity index (χ0n) is 18.3. The Morgan fingerprint density at radius 3 is 1.48 bits per heavy atom. The van der Waals surface area contributed by atoms with Crippen molar-refractivity contribution in [1.82, 2.24) is 4.90 Å². The summed E-state index contributed by atoms with van der Waals surface area (Å²) in [6.45, 7) is 8.31. The molecule has 0 spiro atoms. The van der Waals surface area contributed by atoms with Crippen molar-refractivity contribution < 1.29 is 23.7 Å². The van der Waals surface area contributed by atoms with Crippen molar-refractivity contribution in [3.05, 3.63) is 0 Å². The maximum absolute atomic E-state index is 5.75. The fraction of sp³-hybridized carbons (Fsp3) is 1.00. The van der Waals surface area contributed by atoms with E-state index in [1.54, 1.807) is 28.4 Å². The highest BCUT2D eigenvalue weighted by Gasteiger charge is 2.08. The normalized spacial score (nSPS) is 13.1. The van der Waals surface area contributed by atoms with E-state index in [0.29, 0.717) is 6.10 Å². The first-order valence-electron chi connectivity index (χ1n) is 9.93. The number of rotatable bonds is 20. The lowest BCUT2D eigenvalue weighted by atomic mass is 10.4. The van der Waals surface area contributed by atoms with Gasteiger partial charge in [0, 0.05) is 60.9 Å². The van der Waals surface area contributed by atoms with Gasteiger partial charge in [-0.25, -0.2) is 0 Å². The Kier molecular flexibility index (Phi) is 20.4. The zero-order chi connectivity index (χ0) is 20.3. The summed E-state index contributed by atoms with van der Waals surface area (Å²) < 4.78 is 26.7. The van der Waals surface area contributed by atoms with Gasteiger partial charge in [0.25, 0.3) is 0 Å². The molecule has 0 saturated heterocycles. The van der Waals surface area contributed by atoms with Gasteiger partial charge in [-0.15, -0.1) is 17.2 Å². The van der Waals surface area contributed by atoms with E-state index < -0.39 is 0 Å². The lowest BCUT2D eigenvalue weighted by Crippen LogP contribution is -2.32. The SMILES string of the molecule is COC(CCPCCN(CCOC(C)C)CCPCCC(OC)OC)OC. The average molecular weight is 428 g/mol. The Bertz CT molecular complexity index is 284. The van der Waals surface area contributed by atoms with Crippen LogP contribution in [0.3, 0.4) is 0 Å². The second-order valence-corrected chi connectivity index (χ2v) is 9.64. The Morgan fingerprint density at radius 2 is 1.11 bits per heavy atom. The summed E-state index contributed by atoms with van der Waals surface area (Å²) in [5.74, 6) is 0. The molecule has 0 aliphatic rings. The molecule has 2 atom stereocenters. The minimum Gasteiger partial charge on any atom is -0.377 e. The van der Waals surface area contributed by atoms with Crippen molar-refractivity contribution in [1.29, 1.82) is 0 Å². The number of hydrogen-bond acceptors (Lipinski definition) is 6. The standard InChI is InChI=1S/C19H43NO5P2/c1-17(2)25-12-9-20(10-15-26-13-7-18(21-3)22-4)11-16-27-14-8-19(23-5)24-6/h17-19,26-27H,7-16H2,1-6H3. The fourth-order valence-corrected chi connectivity index (χ4v) is 4.91. The minimum atomic E-state index is -0.0581. The highest BCUT2D eigenvalue weighted by molar-refractivity contribution is 7.38. The quantitative estimate of drug-likeness (QED) is 0.169. The van der Waals surface area contributed by atoms with Crippen molar-refractivity contribution in [2.24, 2.45) is 0 Å². The van der Waals surface area contributed by atoms with E-state index in [4.69, 9.17) is 23.7 Å². The summed E-state index contributed by atoms with van der Waals surface area (Å²) in [4.78, 5) is 2.55. The van der Waals surface area contributed by atoms with E-state index in [9.17, 15) is 0 Å². The van der Waals surface area contributed by atoms with Gasteiger partial charge in [0.05, 0.1) is 12.7 Å². The summed E-state index contributed by atoms with van der Waals surface area (Å²) >= 11 is 0. The molecule has 0 amide bonds. The van der Waals surface area contributed by atoms with E-state index in [1.165, 1.54) is 24.6 Å². The van der Waals surface area contributed by atoms with Gasteiger partial charge in [-0.3, -0.25) is 0 Å². The maximum atomic E-state index is 5.75. The first-order valence-corrected chi connectivity index (χ1v) is 12.8. The van der Waals surface area contributed by atoms with Gasteiger partial charge in [-0.2, -0.15) is 0 Å². The summed E-state index contributed by atoms with van der Waals surface area (Å²) in [7, 11) is 8.72. The van der Waals surface area contributed by atoms with Crippen LogP contribution in [0, 0.1) is 0 Å². The molecule has 164 valence electrons. The van der Waals surface area contributed by atoms with Crippen LogP contribution in [0.1, 0.15) is 26.7 Å². The zero-order valence-corrected chi connectivity index (χ0v) is 20.3. The second kappa shape index (κ2) is 19.9. The summed E-state index contributed by atoms with van der Waals surface area (Å²) in [6.07, 6.45) is 6.94. The third kappa shape index (κ3) is 17.2. The fourth-order valence-electron chi connectivity index (χ4n) is 2.58. The maximum Gasteiger partial charge on any atom is 0.157 e. The van der Waals surface area contributed by atoms with Gasteiger partial charge in [-0.1, -0.05) is 0 Å². The molecule has 2 unspecified atom stereocenters. The van der Waals surface area contributed by atoms with Crippen molar-refractivity contribution in [2.75, 3.05) is 79.3 Å². The molecule has 0 fully saturated rings. The summed E-state index contributed by atoms with van der Waals surface area (Å²) in [5.41, 5.74) is 0. The van der Waals surface area contributed by atoms with E-state index in [1.807, 2.05) is 0 Å². The van der Waals surface area contributed by atoms with Crippen LogP contribution in [0.25, 0.3) is 0 Å². The van der Waals surface area contributed by atoms with Crippen LogP contribution in [0.2, 0.25) is 0 Å². The third-order valence-electron chi connectivity index (χ3n) is 4.23. The molecule has 0 aromatic carbocycles. The van der Waals surface area contributed by atoms with Crippen molar-refractivity contribution in [2.45, 2.75) is 45.4 Å². The summed E-state index contributed by atoms with van der Waals surface area (Å²) in [6, 6.07) is 0. The molecule has 0 aromatic heterocycles. The molecule has 0 N–H and O–H groups in total. The molecular formula is C19H43NO5P2. The molecule has 27 heavy (non-hydrogen) atoms. The Labute approximate surface area is 170 Å². The molecule has 0 radical (unpaired) electrons. The molecule has 0 aromatic rings. The molecular weight excluding hydrogens is 384 g/mol. The van der Waals surface area contributed by atoms with Gasteiger partial charge in [0.15, 0.2) is 12.6 Å². The monoisotopic (exact) mass is 427 g/mol. The Morgan fingerprint density at radius 1 is 0.667 bits per heavy atom. The van der Waals surface area contributed by atoms with Crippen LogP contribution in [0.15, 0.2) is 0 Å². The van der Waals surface area contributed by atoms with Crippen LogP contribution in [-0.2, 0) is 23.7 Å². The first-order chi connectivity index (χ1) is 13.1. The lowest BCUT2D eigenvalue weighted by molar-refractivity contribution is -0.102. The number of ether oxygens (including phenoxy) is 5. The predicted molar refractivity (Wildman–Crippen MR) is 118 cm³/mol. The number of nitrogens with zero attached hydrogens (tertiary/aromatic N) is 1. The van der Waals surface area contributed by atoms with E-state index in [2.05, 4.69) is 18.7 Å². The van der Waals surface area contributed by atoms with Gasteiger partial charge in [0.1, 0.15) is 0 Å². The Balaban J connectivity index is 3.98. The van der Waals surface area contributed by atoms with Crippen LogP contribution in [0.5, 0.6) is 0 Å².